The van der Waals surface area contributed by atoms with Gasteiger partial charge in [0.05, 0.1) is 30.3 Å². The smallest absolute Gasteiger partial charge is 0.253 e. The number of carbonyl (C=O) groups excluding carboxylic acids is 1. The summed E-state index contributed by atoms with van der Waals surface area (Å²) in [4.78, 5) is 16.2. The van der Waals surface area contributed by atoms with E-state index in [9.17, 15) is 9.90 Å². The number of methoxy groups -OCH3 is 1. The number of anilines is 1. The zero-order valence-corrected chi connectivity index (χ0v) is 12.6. The lowest BCUT2D eigenvalue weighted by atomic mass is 10.0. The lowest BCUT2D eigenvalue weighted by Gasteiger charge is -2.13. The summed E-state index contributed by atoms with van der Waals surface area (Å²) in [6, 6.07) is 3.38. The van der Waals surface area contributed by atoms with Crippen LogP contribution in [0.2, 0.25) is 0 Å². The van der Waals surface area contributed by atoms with Crippen molar-refractivity contribution in [3.63, 3.8) is 0 Å². The Labute approximate surface area is 124 Å². The van der Waals surface area contributed by atoms with Crippen molar-refractivity contribution in [1.82, 2.24) is 4.98 Å². The van der Waals surface area contributed by atoms with Crippen LogP contribution in [0.15, 0.2) is 18.3 Å². The molecule has 4 atom stereocenters. The van der Waals surface area contributed by atoms with Gasteiger partial charge in [-0.1, -0.05) is 6.92 Å². The second kappa shape index (κ2) is 6.98. The van der Waals surface area contributed by atoms with Gasteiger partial charge in [-0.05, 0) is 31.4 Å². The van der Waals surface area contributed by atoms with Gasteiger partial charge in [-0.2, -0.15) is 0 Å². The number of aliphatic hydroxyl groups excluding tert-OH is 1. The molecule has 3 unspecified atom stereocenters. The number of rotatable bonds is 5. The predicted molar refractivity (Wildman–Crippen MR) is 77.8 cm³/mol. The van der Waals surface area contributed by atoms with Crippen molar-refractivity contribution in [3.8, 4) is 0 Å². The SMILES string of the molecule is COCC(O)c1ccc(NC(=O)C2C[C@H](C)C(C)O2)cn1. The van der Waals surface area contributed by atoms with Crippen LogP contribution in [0.1, 0.15) is 32.1 Å². The first-order chi connectivity index (χ1) is 10.0. The van der Waals surface area contributed by atoms with E-state index >= 15 is 0 Å². The van der Waals surface area contributed by atoms with Gasteiger partial charge in [-0.25, -0.2) is 0 Å². The first-order valence-electron chi connectivity index (χ1n) is 7.10. The van der Waals surface area contributed by atoms with Gasteiger partial charge in [-0.15, -0.1) is 0 Å². The van der Waals surface area contributed by atoms with E-state index < -0.39 is 12.2 Å². The standard InChI is InChI=1S/C15H22N2O4/c1-9-6-14(21-10(9)2)15(19)17-11-4-5-12(16-7-11)13(18)8-20-3/h4-5,7,9-10,13-14,18H,6,8H2,1-3H3,(H,17,19)/t9-,10?,13?,14?/m0/s1. The van der Waals surface area contributed by atoms with E-state index in [0.29, 0.717) is 17.3 Å². The molecule has 2 heterocycles. The highest BCUT2D eigenvalue weighted by molar-refractivity contribution is 5.94. The van der Waals surface area contributed by atoms with Gasteiger partial charge < -0.3 is 19.9 Å². The Bertz CT molecular complexity index is 467. The molecule has 0 radical (unpaired) electrons. The fourth-order valence-corrected chi connectivity index (χ4v) is 2.29. The molecule has 1 fully saturated rings. The van der Waals surface area contributed by atoms with Crippen molar-refractivity contribution < 1.29 is 19.4 Å². The van der Waals surface area contributed by atoms with Gasteiger partial charge in [0.1, 0.15) is 12.2 Å². The number of aliphatic hydroxyl groups is 1. The van der Waals surface area contributed by atoms with Crippen LogP contribution in [-0.2, 0) is 14.3 Å². The van der Waals surface area contributed by atoms with E-state index in [2.05, 4.69) is 17.2 Å². The van der Waals surface area contributed by atoms with Crippen LogP contribution in [0.25, 0.3) is 0 Å². The predicted octanol–water partition coefficient (Wildman–Crippen LogP) is 1.51. The monoisotopic (exact) mass is 294 g/mol. The lowest BCUT2D eigenvalue weighted by molar-refractivity contribution is -0.126. The minimum absolute atomic E-state index is 0.102. The summed E-state index contributed by atoms with van der Waals surface area (Å²) >= 11 is 0. The van der Waals surface area contributed by atoms with Gasteiger partial charge in [0.2, 0.25) is 0 Å². The maximum absolute atomic E-state index is 12.1. The van der Waals surface area contributed by atoms with E-state index in [1.165, 1.54) is 13.3 Å². The Morgan fingerprint density at radius 2 is 2.33 bits per heavy atom. The number of nitrogens with zero attached hydrogens (tertiary/aromatic N) is 1. The highest BCUT2D eigenvalue weighted by atomic mass is 16.5. The van der Waals surface area contributed by atoms with Crippen LogP contribution in [0, 0.1) is 5.92 Å². The third kappa shape index (κ3) is 4.00. The number of hydrogen-bond donors (Lipinski definition) is 2. The summed E-state index contributed by atoms with van der Waals surface area (Å²) in [5, 5.41) is 12.5. The Hall–Kier alpha value is -1.50. The number of carbonyl (C=O) groups is 1. The molecule has 0 saturated carbocycles. The fraction of sp³-hybridized carbons (Fsp3) is 0.600. The van der Waals surface area contributed by atoms with E-state index in [1.807, 2.05) is 6.92 Å². The van der Waals surface area contributed by atoms with E-state index in [0.717, 1.165) is 6.42 Å². The first kappa shape index (κ1) is 15.9. The lowest BCUT2D eigenvalue weighted by Crippen LogP contribution is -2.27. The number of hydrogen-bond acceptors (Lipinski definition) is 5. The Morgan fingerprint density at radius 1 is 1.57 bits per heavy atom. The van der Waals surface area contributed by atoms with Crippen LogP contribution >= 0.6 is 0 Å². The largest absolute Gasteiger partial charge is 0.384 e. The van der Waals surface area contributed by atoms with Crippen LogP contribution < -0.4 is 5.32 Å². The number of ether oxygens (including phenoxy) is 2. The maximum Gasteiger partial charge on any atom is 0.253 e. The summed E-state index contributed by atoms with van der Waals surface area (Å²) in [6.45, 7) is 4.24. The zero-order valence-electron chi connectivity index (χ0n) is 12.6. The number of pyridine rings is 1. The zero-order chi connectivity index (χ0) is 15.4. The fourth-order valence-electron chi connectivity index (χ4n) is 2.29. The van der Waals surface area contributed by atoms with E-state index in [1.54, 1.807) is 12.1 Å². The molecule has 1 amide bonds. The highest BCUT2D eigenvalue weighted by Gasteiger charge is 2.33. The van der Waals surface area contributed by atoms with Crippen LogP contribution in [0.4, 0.5) is 5.69 Å². The summed E-state index contributed by atoms with van der Waals surface area (Å²) < 4.78 is 10.5. The molecule has 6 heteroatoms. The van der Waals surface area contributed by atoms with Gasteiger partial charge >= 0.3 is 0 Å². The third-order valence-corrected chi connectivity index (χ3v) is 3.78. The summed E-state index contributed by atoms with van der Waals surface area (Å²) in [5.74, 6) is 0.226. The molecule has 1 aromatic rings. The van der Waals surface area contributed by atoms with Crippen molar-refractivity contribution >= 4 is 11.6 Å². The molecule has 6 nitrogen and oxygen atoms in total. The average Bonchev–Trinajstić information content (AvgIpc) is 2.80. The van der Waals surface area contributed by atoms with Crippen LogP contribution in [0.5, 0.6) is 0 Å². The van der Waals surface area contributed by atoms with Crippen LogP contribution in [-0.4, -0.2) is 41.9 Å². The average molecular weight is 294 g/mol. The molecular weight excluding hydrogens is 272 g/mol. The number of aromatic nitrogens is 1. The molecule has 116 valence electrons. The molecule has 1 aliphatic heterocycles. The Morgan fingerprint density at radius 3 is 2.86 bits per heavy atom. The van der Waals surface area contributed by atoms with Crippen molar-refractivity contribution in [3.05, 3.63) is 24.0 Å². The van der Waals surface area contributed by atoms with Crippen molar-refractivity contribution in [2.45, 2.75) is 38.6 Å². The first-order valence-corrected chi connectivity index (χ1v) is 7.10. The summed E-state index contributed by atoms with van der Waals surface area (Å²) in [5.41, 5.74) is 1.10. The molecule has 2 N–H and O–H groups in total. The molecule has 1 saturated heterocycles. The molecule has 1 aromatic heterocycles. The molecular formula is C15H22N2O4. The Balaban J connectivity index is 1.93. The highest BCUT2D eigenvalue weighted by Crippen LogP contribution is 2.26. The minimum Gasteiger partial charge on any atom is -0.384 e. The Kier molecular flexibility index (Phi) is 5.27. The van der Waals surface area contributed by atoms with E-state index in [-0.39, 0.29) is 18.6 Å². The quantitative estimate of drug-likeness (QED) is 0.860. The second-order valence-electron chi connectivity index (χ2n) is 5.47. The molecule has 1 aliphatic rings. The van der Waals surface area contributed by atoms with Crippen molar-refractivity contribution in [2.24, 2.45) is 5.92 Å². The maximum atomic E-state index is 12.1. The van der Waals surface area contributed by atoms with E-state index in [4.69, 9.17) is 9.47 Å². The van der Waals surface area contributed by atoms with Gasteiger partial charge in [-0.3, -0.25) is 9.78 Å². The normalized spacial score (nSPS) is 26.6. The molecule has 0 aromatic carbocycles. The topological polar surface area (TPSA) is 80.7 Å². The summed E-state index contributed by atoms with van der Waals surface area (Å²) in [7, 11) is 1.52. The second-order valence-corrected chi connectivity index (χ2v) is 5.47. The summed E-state index contributed by atoms with van der Waals surface area (Å²) in [6.07, 6.45) is 1.18. The molecule has 2 rings (SSSR count). The minimum atomic E-state index is -0.764. The number of amides is 1. The molecule has 0 bridgehead atoms. The van der Waals surface area contributed by atoms with Crippen LogP contribution in [0.3, 0.4) is 0 Å². The van der Waals surface area contributed by atoms with Crippen molar-refractivity contribution in [2.75, 3.05) is 19.0 Å². The molecule has 21 heavy (non-hydrogen) atoms. The van der Waals surface area contributed by atoms with Gasteiger partial charge in [0.25, 0.3) is 5.91 Å². The van der Waals surface area contributed by atoms with Crippen molar-refractivity contribution in [1.29, 1.82) is 0 Å². The molecule has 0 aliphatic carbocycles. The molecule has 0 spiro atoms. The van der Waals surface area contributed by atoms with Gasteiger partial charge in [0, 0.05) is 7.11 Å². The third-order valence-electron chi connectivity index (χ3n) is 3.78. The van der Waals surface area contributed by atoms with Gasteiger partial charge in [0.15, 0.2) is 0 Å². The number of nitrogens with one attached hydrogen (secondary N) is 1.